The van der Waals surface area contributed by atoms with Gasteiger partial charge in [0.1, 0.15) is 28.7 Å². The Kier molecular flexibility index (Phi) is 4.41. The molecule has 126 valence electrons. The van der Waals surface area contributed by atoms with Crippen molar-refractivity contribution in [3.8, 4) is 5.75 Å². The molecule has 2 N–H and O–H groups in total. The number of halogens is 2. The first-order valence-corrected chi connectivity index (χ1v) is 8.06. The first-order chi connectivity index (χ1) is 11.4. The van der Waals surface area contributed by atoms with Gasteiger partial charge < -0.3 is 15.4 Å². The summed E-state index contributed by atoms with van der Waals surface area (Å²) in [5.74, 6) is -0.593. The summed E-state index contributed by atoms with van der Waals surface area (Å²) >= 11 is 5.24. The fourth-order valence-corrected chi connectivity index (χ4v) is 3.10. The Hall–Kier alpha value is -2.21. The second kappa shape index (κ2) is 6.36. The van der Waals surface area contributed by atoms with Crippen LogP contribution in [0.2, 0.25) is 0 Å². The van der Waals surface area contributed by atoms with Crippen molar-refractivity contribution in [3.05, 3.63) is 59.7 Å². The molecule has 0 radical (unpaired) electrons. The van der Waals surface area contributed by atoms with Crippen LogP contribution in [-0.2, 0) is 0 Å². The molecule has 1 atom stereocenters. The van der Waals surface area contributed by atoms with Gasteiger partial charge in [-0.15, -0.1) is 0 Å². The maximum atomic E-state index is 13.7. The zero-order valence-electron chi connectivity index (χ0n) is 13.4. The first kappa shape index (κ1) is 16.6. The van der Waals surface area contributed by atoms with Crippen molar-refractivity contribution in [3.63, 3.8) is 0 Å². The van der Waals surface area contributed by atoms with Crippen LogP contribution in [0.5, 0.6) is 5.75 Å². The van der Waals surface area contributed by atoms with E-state index in [2.05, 4.69) is 10.6 Å². The predicted octanol–water partition coefficient (Wildman–Crippen LogP) is 4.55. The molecule has 1 aliphatic heterocycles. The molecule has 3 nitrogen and oxygen atoms in total. The van der Waals surface area contributed by atoms with Gasteiger partial charge >= 0.3 is 0 Å². The number of anilines is 1. The number of hydrogen-bond donors (Lipinski definition) is 2. The van der Waals surface area contributed by atoms with Crippen molar-refractivity contribution >= 4 is 23.0 Å². The average molecular weight is 348 g/mol. The first-order valence-electron chi connectivity index (χ1n) is 7.65. The second-order valence-corrected chi connectivity index (χ2v) is 6.76. The molecule has 0 aromatic heterocycles. The number of fused-ring (bicyclic) bond motifs is 1. The molecule has 24 heavy (non-hydrogen) atoms. The van der Waals surface area contributed by atoms with Gasteiger partial charge in [0.05, 0.1) is 6.04 Å². The van der Waals surface area contributed by atoms with Gasteiger partial charge in [0.2, 0.25) is 0 Å². The molecule has 0 bridgehead atoms. The minimum Gasteiger partial charge on any atom is -0.487 e. The lowest BCUT2D eigenvalue weighted by molar-refractivity contribution is 0.0697. The minimum atomic E-state index is -0.688. The van der Waals surface area contributed by atoms with Crippen LogP contribution in [0.25, 0.3) is 0 Å². The Morgan fingerprint density at radius 3 is 2.50 bits per heavy atom. The fourth-order valence-electron chi connectivity index (χ4n) is 2.86. The quantitative estimate of drug-likeness (QED) is 0.780. The van der Waals surface area contributed by atoms with E-state index in [0.717, 1.165) is 11.3 Å². The maximum Gasteiger partial charge on any atom is 0.171 e. The van der Waals surface area contributed by atoms with E-state index < -0.39 is 11.6 Å². The van der Waals surface area contributed by atoms with E-state index in [1.165, 1.54) is 18.2 Å². The third-order valence-corrected chi connectivity index (χ3v) is 4.10. The van der Waals surface area contributed by atoms with E-state index in [1.54, 1.807) is 0 Å². The predicted molar refractivity (Wildman–Crippen MR) is 94.2 cm³/mol. The molecule has 6 heteroatoms. The lowest BCUT2D eigenvalue weighted by Gasteiger charge is -2.38. The fraction of sp³-hybridized carbons (Fsp3) is 0.278. The Balaban J connectivity index is 1.79. The van der Waals surface area contributed by atoms with Crippen molar-refractivity contribution in [2.45, 2.75) is 31.9 Å². The molecule has 0 aliphatic carbocycles. The van der Waals surface area contributed by atoms with Gasteiger partial charge in [0, 0.05) is 12.0 Å². The van der Waals surface area contributed by atoms with Gasteiger partial charge in [-0.3, -0.25) is 0 Å². The number of hydrogen-bond acceptors (Lipinski definition) is 2. The highest BCUT2D eigenvalue weighted by Crippen LogP contribution is 2.39. The topological polar surface area (TPSA) is 33.3 Å². The standard InChI is InChI=1S/C18H18F2N2OS/c1-18(2)10-14(11-6-3-4-9-15(11)23-18)21-17(24)22-16-12(19)7-5-8-13(16)20/h3-9,14H,10H2,1-2H3,(H2,21,22,24). The normalized spacial score (nSPS) is 18.2. The smallest absolute Gasteiger partial charge is 0.171 e. The van der Waals surface area contributed by atoms with Gasteiger partial charge in [0.15, 0.2) is 5.11 Å². The number of thiocarbonyl (C=S) groups is 1. The van der Waals surface area contributed by atoms with Crippen LogP contribution in [0, 0.1) is 11.6 Å². The summed E-state index contributed by atoms with van der Waals surface area (Å²) in [6.45, 7) is 3.98. The van der Waals surface area contributed by atoms with E-state index in [0.29, 0.717) is 6.42 Å². The van der Waals surface area contributed by atoms with Gasteiger partial charge in [-0.25, -0.2) is 8.78 Å². The van der Waals surface area contributed by atoms with Crippen LogP contribution >= 0.6 is 12.2 Å². The molecule has 2 aromatic carbocycles. The molecule has 0 saturated carbocycles. The SMILES string of the molecule is CC1(C)CC(NC(=S)Nc2c(F)cccc2F)c2ccccc2O1. The van der Waals surface area contributed by atoms with Gasteiger partial charge in [0.25, 0.3) is 0 Å². The Labute approximate surface area is 145 Å². The zero-order chi connectivity index (χ0) is 17.3. The molecule has 1 heterocycles. The van der Waals surface area contributed by atoms with Crippen LogP contribution < -0.4 is 15.4 Å². The molecular formula is C18H18F2N2OS. The van der Waals surface area contributed by atoms with E-state index in [4.69, 9.17) is 17.0 Å². The lowest BCUT2D eigenvalue weighted by Crippen LogP contribution is -2.42. The highest BCUT2D eigenvalue weighted by molar-refractivity contribution is 7.80. The molecule has 0 fully saturated rings. The number of benzene rings is 2. The summed E-state index contributed by atoms with van der Waals surface area (Å²) in [7, 11) is 0. The van der Waals surface area contributed by atoms with Gasteiger partial charge in [-0.05, 0) is 44.3 Å². The molecule has 0 amide bonds. The number of para-hydroxylation sites is 2. The summed E-state index contributed by atoms with van der Waals surface area (Å²) < 4.78 is 33.4. The van der Waals surface area contributed by atoms with Crippen LogP contribution in [0.3, 0.4) is 0 Å². The number of ether oxygens (including phenoxy) is 1. The van der Waals surface area contributed by atoms with E-state index >= 15 is 0 Å². The molecule has 0 saturated heterocycles. The van der Waals surface area contributed by atoms with Crippen LogP contribution in [-0.4, -0.2) is 10.7 Å². The van der Waals surface area contributed by atoms with Crippen LogP contribution in [0.15, 0.2) is 42.5 Å². The van der Waals surface area contributed by atoms with Crippen LogP contribution in [0.4, 0.5) is 14.5 Å². The third-order valence-electron chi connectivity index (χ3n) is 3.88. The lowest BCUT2D eigenvalue weighted by atomic mass is 9.90. The van der Waals surface area contributed by atoms with Crippen molar-refractivity contribution in [2.24, 2.45) is 0 Å². The van der Waals surface area contributed by atoms with Crippen molar-refractivity contribution in [2.75, 3.05) is 5.32 Å². The van der Waals surface area contributed by atoms with Gasteiger partial charge in [-0.2, -0.15) is 0 Å². The summed E-state index contributed by atoms with van der Waals surface area (Å²) in [6.07, 6.45) is 0.672. The summed E-state index contributed by atoms with van der Waals surface area (Å²) in [5, 5.41) is 5.92. The van der Waals surface area contributed by atoms with E-state index in [1.807, 2.05) is 38.1 Å². The average Bonchev–Trinajstić information content (AvgIpc) is 2.50. The molecule has 3 rings (SSSR count). The molecule has 0 spiro atoms. The summed E-state index contributed by atoms with van der Waals surface area (Å²) in [6, 6.07) is 11.2. The van der Waals surface area contributed by atoms with Crippen molar-refractivity contribution in [1.82, 2.24) is 5.32 Å². The number of rotatable bonds is 2. The molecule has 1 unspecified atom stereocenters. The Bertz CT molecular complexity index is 759. The number of nitrogens with one attached hydrogen (secondary N) is 2. The van der Waals surface area contributed by atoms with Crippen molar-refractivity contribution in [1.29, 1.82) is 0 Å². The van der Waals surface area contributed by atoms with E-state index in [9.17, 15) is 8.78 Å². The monoisotopic (exact) mass is 348 g/mol. The Morgan fingerprint density at radius 1 is 1.12 bits per heavy atom. The van der Waals surface area contributed by atoms with Gasteiger partial charge in [-0.1, -0.05) is 24.3 Å². The summed E-state index contributed by atoms with van der Waals surface area (Å²) in [4.78, 5) is 0. The van der Waals surface area contributed by atoms with Crippen molar-refractivity contribution < 1.29 is 13.5 Å². The van der Waals surface area contributed by atoms with E-state index in [-0.39, 0.29) is 22.4 Å². The molecular weight excluding hydrogens is 330 g/mol. The third kappa shape index (κ3) is 3.48. The molecule has 2 aromatic rings. The minimum absolute atomic E-state index is 0.111. The maximum absolute atomic E-state index is 13.7. The summed E-state index contributed by atoms with van der Waals surface area (Å²) in [5.41, 5.74) is 0.342. The van der Waals surface area contributed by atoms with Crippen LogP contribution in [0.1, 0.15) is 31.9 Å². The zero-order valence-corrected chi connectivity index (χ0v) is 14.2. The molecule has 1 aliphatic rings. The second-order valence-electron chi connectivity index (χ2n) is 6.35. The highest BCUT2D eigenvalue weighted by Gasteiger charge is 2.33. The highest BCUT2D eigenvalue weighted by atomic mass is 32.1. The Morgan fingerprint density at radius 2 is 1.79 bits per heavy atom. The largest absolute Gasteiger partial charge is 0.487 e.